The number of nitrogens with one attached hydrogen (secondary N) is 1. The fourth-order valence-electron chi connectivity index (χ4n) is 2.97. The number of amides is 1. The maximum Gasteiger partial charge on any atom is 0.307 e. The van der Waals surface area contributed by atoms with Crippen molar-refractivity contribution in [1.29, 1.82) is 0 Å². The number of carbonyl (C=O) groups is 2. The van der Waals surface area contributed by atoms with Crippen molar-refractivity contribution in [2.45, 2.75) is 51.6 Å². The van der Waals surface area contributed by atoms with Crippen LogP contribution in [0.4, 0.5) is 0 Å². The van der Waals surface area contributed by atoms with E-state index in [1.807, 2.05) is 13.0 Å². The van der Waals surface area contributed by atoms with Gasteiger partial charge in [-0.15, -0.1) is 11.3 Å². The lowest BCUT2D eigenvalue weighted by Crippen LogP contribution is -2.27. The van der Waals surface area contributed by atoms with Crippen LogP contribution in [-0.4, -0.2) is 29.5 Å². The third-order valence-corrected chi connectivity index (χ3v) is 5.56. The lowest BCUT2D eigenvalue weighted by atomic mass is 9.98. The average molecular weight is 346 g/mol. The van der Waals surface area contributed by atoms with Crippen molar-refractivity contribution >= 4 is 33.4 Å². The van der Waals surface area contributed by atoms with Crippen molar-refractivity contribution in [3.05, 3.63) is 28.8 Å². The van der Waals surface area contributed by atoms with Crippen LogP contribution in [0, 0.1) is 6.92 Å². The van der Waals surface area contributed by atoms with Crippen LogP contribution in [0.5, 0.6) is 0 Å². The maximum atomic E-state index is 12.2. The SMILES string of the molecule is Cc1ccnc2cc(C(=O)NCCC(=O)OC3CCCCC3)sc12. The normalized spacial score (nSPS) is 15.4. The van der Waals surface area contributed by atoms with Crippen LogP contribution >= 0.6 is 11.3 Å². The van der Waals surface area contributed by atoms with E-state index in [0.717, 1.165) is 41.5 Å². The van der Waals surface area contributed by atoms with Gasteiger partial charge in [0.2, 0.25) is 0 Å². The number of thiophene rings is 1. The number of carbonyl (C=O) groups excluding carboxylic acids is 2. The van der Waals surface area contributed by atoms with Crippen molar-refractivity contribution < 1.29 is 14.3 Å². The molecule has 5 nitrogen and oxygen atoms in total. The Kier molecular flexibility index (Phi) is 5.45. The first-order valence-corrected chi connectivity index (χ1v) is 9.28. The van der Waals surface area contributed by atoms with Gasteiger partial charge in [-0.1, -0.05) is 6.42 Å². The minimum atomic E-state index is -0.226. The molecule has 2 heterocycles. The molecule has 128 valence electrons. The molecular weight excluding hydrogens is 324 g/mol. The Morgan fingerprint density at radius 3 is 2.88 bits per heavy atom. The predicted octanol–water partition coefficient (Wildman–Crippen LogP) is 3.60. The zero-order valence-corrected chi connectivity index (χ0v) is 14.7. The van der Waals surface area contributed by atoms with Crippen molar-refractivity contribution in [2.75, 3.05) is 6.54 Å². The van der Waals surface area contributed by atoms with Gasteiger partial charge in [0, 0.05) is 12.7 Å². The Morgan fingerprint density at radius 1 is 1.33 bits per heavy atom. The third kappa shape index (κ3) is 4.12. The van der Waals surface area contributed by atoms with Crippen LogP contribution in [0.15, 0.2) is 18.3 Å². The van der Waals surface area contributed by atoms with Gasteiger partial charge in [-0.3, -0.25) is 14.6 Å². The molecule has 0 bridgehead atoms. The fourth-order valence-corrected chi connectivity index (χ4v) is 3.97. The third-order valence-electron chi connectivity index (χ3n) is 4.30. The van der Waals surface area contributed by atoms with Gasteiger partial charge in [0.1, 0.15) is 6.10 Å². The van der Waals surface area contributed by atoms with Crippen molar-refractivity contribution in [2.24, 2.45) is 0 Å². The van der Waals surface area contributed by atoms with Crippen LogP contribution in [0.1, 0.15) is 53.8 Å². The number of aryl methyl sites for hydroxylation is 1. The molecule has 24 heavy (non-hydrogen) atoms. The van der Waals surface area contributed by atoms with Gasteiger partial charge in [0.05, 0.1) is 21.5 Å². The summed E-state index contributed by atoms with van der Waals surface area (Å²) in [7, 11) is 0. The van der Waals surface area contributed by atoms with Crippen LogP contribution < -0.4 is 5.32 Å². The monoisotopic (exact) mass is 346 g/mol. The second kappa shape index (κ2) is 7.75. The Balaban J connectivity index is 1.47. The van der Waals surface area contributed by atoms with E-state index >= 15 is 0 Å². The molecule has 1 aliphatic rings. The number of fused-ring (bicyclic) bond motifs is 1. The number of nitrogens with zero attached hydrogens (tertiary/aromatic N) is 1. The van der Waals surface area contributed by atoms with E-state index in [2.05, 4.69) is 10.3 Å². The zero-order chi connectivity index (χ0) is 16.9. The quantitative estimate of drug-likeness (QED) is 0.840. The Labute approximate surface area is 145 Å². The van der Waals surface area contributed by atoms with Gasteiger partial charge in [-0.25, -0.2) is 0 Å². The van der Waals surface area contributed by atoms with Crippen molar-refractivity contribution in [3.63, 3.8) is 0 Å². The molecule has 1 saturated carbocycles. The molecule has 1 N–H and O–H groups in total. The van der Waals surface area contributed by atoms with Crippen molar-refractivity contribution in [3.8, 4) is 0 Å². The molecule has 0 atom stereocenters. The molecular formula is C18H22N2O3S. The lowest BCUT2D eigenvalue weighted by Gasteiger charge is -2.21. The first kappa shape index (κ1) is 16.9. The summed E-state index contributed by atoms with van der Waals surface area (Å²) in [5.41, 5.74) is 1.95. The molecule has 0 radical (unpaired) electrons. The summed E-state index contributed by atoms with van der Waals surface area (Å²) >= 11 is 1.43. The van der Waals surface area contributed by atoms with E-state index in [1.54, 1.807) is 12.3 Å². The van der Waals surface area contributed by atoms with E-state index in [-0.39, 0.29) is 24.4 Å². The number of rotatable bonds is 5. The van der Waals surface area contributed by atoms with E-state index < -0.39 is 0 Å². The highest BCUT2D eigenvalue weighted by atomic mass is 32.1. The highest BCUT2D eigenvalue weighted by Gasteiger charge is 2.18. The Hall–Kier alpha value is -1.95. The molecule has 2 aromatic heterocycles. The number of ether oxygens (including phenoxy) is 1. The van der Waals surface area contributed by atoms with E-state index in [4.69, 9.17) is 4.74 Å². The Morgan fingerprint density at radius 2 is 2.12 bits per heavy atom. The summed E-state index contributed by atoms with van der Waals surface area (Å²) in [6, 6.07) is 3.73. The largest absolute Gasteiger partial charge is 0.462 e. The summed E-state index contributed by atoms with van der Waals surface area (Å²) in [5, 5.41) is 2.79. The first-order valence-electron chi connectivity index (χ1n) is 8.46. The molecule has 1 fully saturated rings. The zero-order valence-electron chi connectivity index (χ0n) is 13.8. The number of hydrogen-bond acceptors (Lipinski definition) is 5. The van der Waals surface area contributed by atoms with E-state index in [9.17, 15) is 9.59 Å². The molecule has 0 aliphatic heterocycles. The molecule has 1 amide bonds. The molecule has 0 unspecified atom stereocenters. The summed E-state index contributed by atoms with van der Waals surface area (Å²) in [6.07, 6.45) is 7.45. The van der Waals surface area contributed by atoms with Crippen molar-refractivity contribution in [1.82, 2.24) is 10.3 Å². The molecule has 2 aromatic rings. The maximum absolute atomic E-state index is 12.2. The lowest BCUT2D eigenvalue weighted by molar-refractivity contribution is -0.150. The van der Waals surface area contributed by atoms with Crippen LogP contribution in [-0.2, 0) is 9.53 Å². The van der Waals surface area contributed by atoms with Gasteiger partial charge in [-0.2, -0.15) is 0 Å². The molecule has 0 spiro atoms. The van der Waals surface area contributed by atoms with Gasteiger partial charge in [-0.05, 0) is 50.3 Å². The van der Waals surface area contributed by atoms with Crippen LogP contribution in [0.3, 0.4) is 0 Å². The molecule has 1 aliphatic carbocycles. The first-order chi connectivity index (χ1) is 11.6. The second-order valence-electron chi connectivity index (χ2n) is 6.21. The van der Waals surface area contributed by atoms with E-state index in [0.29, 0.717) is 11.4 Å². The predicted molar refractivity (Wildman–Crippen MR) is 94.3 cm³/mol. The molecule has 0 saturated heterocycles. The topological polar surface area (TPSA) is 68.3 Å². The molecule has 6 heteroatoms. The highest BCUT2D eigenvalue weighted by Crippen LogP contribution is 2.26. The second-order valence-corrected chi connectivity index (χ2v) is 7.26. The van der Waals surface area contributed by atoms with Gasteiger partial charge < -0.3 is 10.1 Å². The number of pyridine rings is 1. The summed E-state index contributed by atoms with van der Waals surface area (Å²) < 4.78 is 6.47. The highest BCUT2D eigenvalue weighted by molar-refractivity contribution is 7.21. The number of aromatic nitrogens is 1. The minimum Gasteiger partial charge on any atom is -0.462 e. The van der Waals surface area contributed by atoms with Crippen LogP contribution in [0.25, 0.3) is 10.2 Å². The van der Waals surface area contributed by atoms with Gasteiger partial charge >= 0.3 is 5.97 Å². The molecule has 0 aromatic carbocycles. The van der Waals surface area contributed by atoms with Gasteiger partial charge in [0.25, 0.3) is 5.91 Å². The minimum absolute atomic E-state index is 0.0681. The summed E-state index contributed by atoms with van der Waals surface area (Å²) in [6.45, 7) is 2.30. The van der Waals surface area contributed by atoms with E-state index in [1.165, 1.54) is 17.8 Å². The number of esters is 1. The number of hydrogen-bond donors (Lipinski definition) is 1. The molecule has 3 rings (SSSR count). The average Bonchev–Trinajstić information content (AvgIpc) is 3.01. The van der Waals surface area contributed by atoms with Gasteiger partial charge in [0.15, 0.2) is 0 Å². The standard InChI is InChI=1S/C18H22N2O3S/c1-12-7-9-19-14-11-15(24-17(12)14)18(22)20-10-8-16(21)23-13-5-3-2-4-6-13/h7,9,11,13H,2-6,8,10H2,1H3,(H,20,22). The summed E-state index contributed by atoms with van der Waals surface area (Å²) in [5.74, 6) is -0.390. The summed E-state index contributed by atoms with van der Waals surface area (Å²) in [4.78, 5) is 28.9. The fraction of sp³-hybridized carbons (Fsp3) is 0.500. The smallest absolute Gasteiger partial charge is 0.307 e. The Bertz CT molecular complexity index is 735. The van der Waals surface area contributed by atoms with Crippen LogP contribution in [0.2, 0.25) is 0 Å².